The van der Waals surface area contributed by atoms with E-state index in [0.29, 0.717) is 0 Å². The summed E-state index contributed by atoms with van der Waals surface area (Å²) in [5, 5.41) is 10.1. The van der Waals surface area contributed by atoms with Crippen LogP contribution in [0.4, 0.5) is 4.39 Å². The quantitative estimate of drug-likeness (QED) is 0.852. The van der Waals surface area contributed by atoms with Crippen molar-refractivity contribution in [2.75, 3.05) is 0 Å². The molecule has 0 amide bonds. The summed E-state index contributed by atoms with van der Waals surface area (Å²) in [5.74, 6) is -0.439. The van der Waals surface area contributed by atoms with Crippen LogP contribution in [0, 0.1) is 5.82 Å². The van der Waals surface area contributed by atoms with Crippen LogP contribution in [0.25, 0.3) is 0 Å². The van der Waals surface area contributed by atoms with E-state index < -0.39 is 18.0 Å². The van der Waals surface area contributed by atoms with Gasteiger partial charge in [0.05, 0.1) is 6.04 Å². The zero-order valence-corrected chi connectivity index (χ0v) is 9.25. The van der Waals surface area contributed by atoms with Gasteiger partial charge in [-0.25, -0.2) is 4.39 Å². The van der Waals surface area contributed by atoms with Gasteiger partial charge in [0, 0.05) is 5.56 Å². The van der Waals surface area contributed by atoms with E-state index in [1.807, 2.05) is 30.3 Å². The fourth-order valence-corrected chi connectivity index (χ4v) is 1.77. The number of halogens is 1. The first-order valence-corrected chi connectivity index (χ1v) is 5.43. The Morgan fingerprint density at radius 3 is 2.18 bits per heavy atom. The average molecular weight is 231 g/mol. The minimum Gasteiger partial charge on any atom is -0.386 e. The van der Waals surface area contributed by atoms with Gasteiger partial charge in [0.1, 0.15) is 11.9 Å². The Balaban J connectivity index is 2.27. The zero-order valence-electron chi connectivity index (χ0n) is 9.25. The van der Waals surface area contributed by atoms with Gasteiger partial charge in [-0.2, -0.15) is 0 Å². The first-order chi connectivity index (χ1) is 8.20. The number of hydrogen-bond acceptors (Lipinski definition) is 2. The van der Waals surface area contributed by atoms with Crippen molar-refractivity contribution < 1.29 is 9.50 Å². The molecule has 0 aliphatic carbocycles. The third-order valence-electron chi connectivity index (χ3n) is 2.75. The van der Waals surface area contributed by atoms with E-state index in [-0.39, 0.29) is 5.56 Å². The lowest BCUT2D eigenvalue weighted by atomic mass is 9.96. The molecular weight excluding hydrogens is 217 g/mol. The smallest absolute Gasteiger partial charge is 0.129 e. The van der Waals surface area contributed by atoms with Gasteiger partial charge in [-0.1, -0.05) is 48.5 Å². The average Bonchev–Trinajstić information content (AvgIpc) is 2.39. The molecule has 3 heteroatoms. The largest absolute Gasteiger partial charge is 0.386 e. The lowest BCUT2D eigenvalue weighted by Gasteiger charge is -2.19. The van der Waals surface area contributed by atoms with Crippen LogP contribution in [-0.2, 0) is 0 Å². The van der Waals surface area contributed by atoms with E-state index in [1.165, 1.54) is 6.07 Å². The van der Waals surface area contributed by atoms with Gasteiger partial charge in [0.25, 0.3) is 0 Å². The third-order valence-corrected chi connectivity index (χ3v) is 2.75. The molecule has 0 fully saturated rings. The number of aliphatic hydroxyl groups excluding tert-OH is 1. The fourth-order valence-electron chi connectivity index (χ4n) is 1.77. The first kappa shape index (κ1) is 11.8. The highest BCUT2D eigenvalue weighted by molar-refractivity contribution is 5.26. The fraction of sp³-hybridized carbons (Fsp3) is 0.143. The molecule has 17 heavy (non-hydrogen) atoms. The monoisotopic (exact) mass is 231 g/mol. The Morgan fingerprint density at radius 2 is 1.53 bits per heavy atom. The summed E-state index contributed by atoms with van der Waals surface area (Å²) in [7, 11) is 0. The van der Waals surface area contributed by atoms with E-state index in [4.69, 9.17) is 5.73 Å². The van der Waals surface area contributed by atoms with Crippen LogP contribution >= 0.6 is 0 Å². The highest BCUT2D eigenvalue weighted by atomic mass is 19.1. The standard InChI is InChI=1S/C14H14FNO/c15-12-9-5-4-8-11(12)14(17)13(16)10-6-2-1-3-7-10/h1-9,13-14,17H,16H2. The maximum absolute atomic E-state index is 13.5. The van der Waals surface area contributed by atoms with E-state index in [9.17, 15) is 9.50 Å². The van der Waals surface area contributed by atoms with Gasteiger partial charge in [-0.05, 0) is 11.6 Å². The van der Waals surface area contributed by atoms with Crippen molar-refractivity contribution >= 4 is 0 Å². The second-order valence-electron chi connectivity index (χ2n) is 3.90. The summed E-state index contributed by atoms with van der Waals surface area (Å²) in [6, 6.07) is 14.7. The van der Waals surface area contributed by atoms with Crippen LogP contribution in [0.1, 0.15) is 23.3 Å². The predicted molar refractivity (Wildman–Crippen MR) is 64.7 cm³/mol. The molecule has 2 rings (SSSR count). The van der Waals surface area contributed by atoms with Gasteiger partial charge in [0.2, 0.25) is 0 Å². The molecule has 0 bridgehead atoms. The number of rotatable bonds is 3. The van der Waals surface area contributed by atoms with E-state index in [0.717, 1.165) is 5.56 Å². The molecule has 2 aromatic rings. The van der Waals surface area contributed by atoms with Crippen molar-refractivity contribution in [3.8, 4) is 0 Å². The van der Waals surface area contributed by atoms with Gasteiger partial charge < -0.3 is 10.8 Å². The molecule has 0 aliphatic rings. The number of aliphatic hydroxyl groups is 1. The molecule has 3 N–H and O–H groups in total. The Labute approximate surface area is 99.5 Å². The summed E-state index contributed by atoms with van der Waals surface area (Å²) in [4.78, 5) is 0. The highest BCUT2D eigenvalue weighted by Crippen LogP contribution is 2.27. The molecule has 0 spiro atoms. The summed E-state index contributed by atoms with van der Waals surface area (Å²) in [6.07, 6.45) is -1.04. The maximum Gasteiger partial charge on any atom is 0.129 e. The molecule has 2 atom stereocenters. The van der Waals surface area contributed by atoms with Gasteiger partial charge >= 0.3 is 0 Å². The molecule has 0 saturated heterocycles. The number of hydrogen-bond donors (Lipinski definition) is 2. The van der Waals surface area contributed by atoms with Crippen molar-refractivity contribution in [3.05, 3.63) is 71.5 Å². The SMILES string of the molecule is NC(c1ccccc1)C(O)c1ccccc1F. The van der Waals surface area contributed by atoms with Crippen LogP contribution < -0.4 is 5.73 Å². The maximum atomic E-state index is 13.5. The third kappa shape index (κ3) is 2.52. The second kappa shape index (κ2) is 5.08. The number of benzene rings is 2. The molecule has 2 unspecified atom stereocenters. The Kier molecular flexibility index (Phi) is 3.52. The summed E-state index contributed by atoms with van der Waals surface area (Å²) >= 11 is 0. The van der Waals surface area contributed by atoms with Gasteiger partial charge in [-0.15, -0.1) is 0 Å². The molecule has 2 nitrogen and oxygen atoms in total. The van der Waals surface area contributed by atoms with Crippen molar-refractivity contribution in [1.82, 2.24) is 0 Å². The lowest BCUT2D eigenvalue weighted by Crippen LogP contribution is -2.20. The lowest BCUT2D eigenvalue weighted by molar-refractivity contribution is 0.142. The molecule has 0 aromatic heterocycles. The normalized spacial score (nSPS) is 14.3. The molecular formula is C14H14FNO. The molecule has 0 radical (unpaired) electrons. The van der Waals surface area contributed by atoms with E-state index >= 15 is 0 Å². The molecule has 0 saturated carbocycles. The van der Waals surface area contributed by atoms with Crippen LogP contribution in [0.2, 0.25) is 0 Å². The topological polar surface area (TPSA) is 46.2 Å². The molecule has 88 valence electrons. The van der Waals surface area contributed by atoms with Gasteiger partial charge in [-0.3, -0.25) is 0 Å². The molecule has 0 heterocycles. The Bertz CT molecular complexity index is 487. The van der Waals surface area contributed by atoms with Crippen molar-refractivity contribution in [3.63, 3.8) is 0 Å². The first-order valence-electron chi connectivity index (χ1n) is 5.43. The zero-order chi connectivity index (χ0) is 12.3. The van der Waals surface area contributed by atoms with Crippen LogP contribution in [0.15, 0.2) is 54.6 Å². The van der Waals surface area contributed by atoms with Gasteiger partial charge in [0.15, 0.2) is 0 Å². The van der Waals surface area contributed by atoms with Crippen LogP contribution in [0.3, 0.4) is 0 Å². The predicted octanol–water partition coefficient (Wildman–Crippen LogP) is 2.56. The van der Waals surface area contributed by atoms with E-state index in [1.54, 1.807) is 18.2 Å². The summed E-state index contributed by atoms with van der Waals surface area (Å²) < 4.78 is 13.5. The van der Waals surface area contributed by atoms with Crippen LogP contribution in [-0.4, -0.2) is 5.11 Å². The van der Waals surface area contributed by atoms with Crippen molar-refractivity contribution in [2.45, 2.75) is 12.1 Å². The Morgan fingerprint density at radius 1 is 0.941 bits per heavy atom. The van der Waals surface area contributed by atoms with Crippen molar-refractivity contribution in [2.24, 2.45) is 5.73 Å². The molecule has 0 aliphatic heterocycles. The highest BCUT2D eigenvalue weighted by Gasteiger charge is 2.20. The minimum absolute atomic E-state index is 0.226. The van der Waals surface area contributed by atoms with Crippen LogP contribution in [0.5, 0.6) is 0 Å². The number of nitrogens with two attached hydrogens (primary N) is 1. The summed E-state index contributed by atoms with van der Waals surface area (Å²) in [5.41, 5.74) is 6.93. The molecule has 2 aromatic carbocycles. The second-order valence-corrected chi connectivity index (χ2v) is 3.90. The van der Waals surface area contributed by atoms with Crippen molar-refractivity contribution in [1.29, 1.82) is 0 Å². The minimum atomic E-state index is -1.04. The summed E-state index contributed by atoms with van der Waals surface area (Å²) in [6.45, 7) is 0. The Hall–Kier alpha value is -1.71. The van der Waals surface area contributed by atoms with E-state index in [2.05, 4.69) is 0 Å².